The molecule has 1 atom stereocenters. The number of ether oxygens (including phenoxy) is 1. The van der Waals surface area contributed by atoms with Gasteiger partial charge in [0.2, 0.25) is 6.41 Å². The van der Waals surface area contributed by atoms with Crippen molar-refractivity contribution >= 4 is 12.4 Å². The summed E-state index contributed by atoms with van der Waals surface area (Å²) < 4.78 is 4.65. The lowest BCUT2D eigenvalue weighted by molar-refractivity contribution is -0.144. The van der Waals surface area contributed by atoms with Gasteiger partial charge in [0, 0.05) is 6.54 Å². The minimum atomic E-state index is -0.356. The highest BCUT2D eigenvalue weighted by Gasteiger charge is 2.26. The Morgan fingerprint density at radius 1 is 1.10 bits per heavy atom. The topological polar surface area (TPSA) is 46.6 Å². The van der Waals surface area contributed by atoms with E-state index in [0.717, 1.165) is 32.1 Å². The number of rotatable bonds is 13. The van der Waals surface area contributed by atoms with Gasteiger partial charge in [-0.3, -0.25) is 9.59 Å². The molecule has 0 rings (SSSR count). The van der Waals surface area contributed by atoms with Crippen molar-refractivity contribution in [3.63, 3.8) is 0 Å². The molecule has 0 spiro atoms. The Bertz CT molecular complexity index is 294. The van der Waals surface area contributed by atoms with Gasteiger partial charge >= 0.3 is 5.97 Å². The Hall–Kier alpha value is -1.06. The minimum absolute atomic E-state index is 0.0523. The zero-order chi connectivity index (χ0) is 16.1. The molecule has 0 saturated carbocycles. The standard InChI is InChI=1S/C17H33NO3/c1-5-7-9-10-12-17(3,11-8-6-2)14-18(15-19)13-16(20)21-4/h15H,5-14H2,1-4H3. The summed E-state index contributed by atoms with van der Waals surface area (Å²) in [7, 11) is 1.35. The summed E-state index contributed by atoms with van der Waals surface area (Å²) >= 11 is 0. The average molecular weight is 299 g/mol. The lowest BCUT2D eigenvalue weighted by Crippen LogP contribution is -2.38. The van der Waals surface area contributed by atoms with Gasteiger partial charge in [-0.1, -0.05) is 59.3 Å². The second kappa shape index (κ2) is 11.6. The fourth-order valence-electron chi connectivity index (χ4n) is 2.72. The molecule has 0 heterocycles. The van der Waals surface area contributed by atoms with E-state index in [2.05, 4.69) is 25.5 Å². The largest absolute Gasteiger partial charge is 0.468 e. The third-order valence-electron chi connectivity index (χ3n) is 4.06. The van der Waals surface area contributed by atoms with E-state index in [9.17, 15) is 9.59 Å². The summed E-state index contributed by atoms with van der Waals surface area (Å²) in [6, 6.07) is 0. The number of hydrogen-bond donors (Lipinski definition) is 0. The summed E-state index contributed by atoms with van der Waals surface area (Å²) in [5, 5.41) is 0. The normalized spacial score (nSPS) is 13.5. The highest BCUT2D eigenvalue weighted by Crippen LogP contribution is 2.31. The van der Waals surface area contributed by atoms with Crippen molar-refractivity contribution in [3.05, 3.63) is 0 Å². The van der Waals surface area contributed by atoms with Crippen LogP contribution in [0.2, 0.25) is 0 Å². The molecular formula is C17H33NO3. The van der Waals surface area contributed by atoms with E-state index in [1.54, 1.807) is 4.90 Å². The van der Waals surface area contributed by atoms with E-state index < -0.39 is 0 Å². The number of methoxy groups -OCH3 is 1. The molecule has 21 heavy (non-hydrogen) atoms. The van der Waals surface area contributed by atoms with Crippen molar-refractivity contribution in [2.75, 3.05) is 20.2 Å². The first-order valence-corrected chi connectivity index (χ1v) is 8.27. The number of esters is 1. The van der Waals surface area contributed by atoms with Gasteiger partial charge in [0.25, 0.3) is 0 Å². The molecule has 1 amide bonds. The monoisotopic (exact) mass is 299 g/mol. The predicted octanol–water partition coefficient (Wildman–Crippen LogP) is 3.78. The van der Waals surface area contributed by atoms with Gasteiger partial charge in [0.05, 0.1) is 7.11 Å². The molecule has 0 aromatic rings. The lowest BCUT2D eigenvalue weighted by atomic mass is 9.79. The van der Waals surface area contributed by atoms with E-state index in [1.165, 1.54) is 32.8 Å². The van der Waals surface area contributed by atoms with Crippen molar-refractivity contribution in [3.8, 4) is 0 Å². The molecule has 0 aliphatic rings. The van der Waals surface area contributed by atoms with E-state index in [-0.39, 0.29) is 17.9 Å². The Morgan fingerprint density at radius 2 is 1.71 bits per heavy atom. The summed E-state index contributed by atoms with van der Waals surface area (Å²) in [4.78, 5) is 24.1. The zero-order valence-electron chi connectivity index (χ0n) is 14.3. The number of nitrogens with zero attached hydrogens (tertiary/aromatic N) is 1. The lowest BCUT2D eigenvalue weighted by Gasteiger charge is -2.34. The molecule has 0 aromatic carbocycles. The molecular weight excluding hydrogens is 266 g/mol. The van der Waals surface area contributed by atoms with Crippen molar-refractivity contribution in [2.45, 2.75) is 72.1 Å². The third kappa shape index (κ3) is 9.48. The second-order valence-electron chi connectivity index (χ2n) is 6.31. The maximum atomic E-state index is 11.4. The molecule has 0 N–H and O–H groups in total. The van der Waals surface area contributed by atoms with Crippen molar-refractivity contribution < 1.29 is 14.3 Å². The maximum absolute atomic E-state index is 11.4. The number of carbonyl (C=O) groups excluding carboxylic acids is 2. The molecule has 0 saturated heterocycles. The Balaban J connectivity index is 4.53. The number of hydrogen-bond acceptors (Lipinski definition) is 3. The van der Waals surface area contributed by atoms with Gasteiger partial charge in [-0.25, -0.2) is 0 Å². The average Bonchev–Trinajstić information content (AvgIpc) is 2.49. The molecule has 4 heteroatoms. The van der Waals surface area contributed by atoms with Gasteiger partial charge in [-0.15, -0.1) is 0 Å². The molecule has 0 aliphatic heterocycles. The van der Waals surface area contributed by atoms with Crippen LogP contribution in [-0.4, -0.2) is 37.5 Å². The van der Waals surface area contributed by atoms with E-state index in [4.69, 9.17) is 0 Å². The minimum Gasteiger partial charge on any atom is -0.468 e. The molecule has 0 radical (unpaired) electrons. The first kappa shape index (κ1) is 19.9. The van der Waals surface area contributed by atoms with Crippen LogP contribution < -0.4 is 0 Å². The summed E-state index contributed by atoms with van der Waals surface area (Å²) in [5.41, 5.74) is 0.0959. The van der Waals surface area contributed by atoms with E-state index in [0.29, 0.717) is 6.54 Å². The van der Waals surface area contributed by atoms with Crippen molar-refractivity contribution in [1.29, 1.82) is 0 Å². The smallest absolute Gasteiger partial charge is 0.325 e. The number of unbranched alkanes of at least 4 members (excludes halogenated alkanes) is 4. The Labute approximate surface area is 130 Å². The van der Waals surface area contributed by atoms with Crippen molar-refractivity contribution in [1.82, 2.24) is 4.90 Å². The van der Waals surface area contributed by atoms with Crippen LogP contribution in [0.4, 0.5) is 0 Å². The van der Waals surface area contributed by atoms with Gasteiger partial charge < -0.3 is 9.64 Å². The van der Waals surface area contributed by atoms with Crippen LogP contribution in [0.15, 0.2) is 0 Å². The molecule has 124 valence electrons. The van der Waals surface area contributed by atoms with Gasteiger partial charge in [-0.05, 0) is 18.3 Å². The summed E-state index contributed by atoms with van der Waals surface area (Å²) in [6.45, 7) is 7.32. The van der Waals surface area contributed by atoms with Crippen LogP contribution in [0.5, 0.6) is 0 Å². The van der Waals surface area contributed by atoms with Gasteiger partial charge in [0.15, 0.2) is 0 Å². The van der Waals surface area contributed by atoms with Crippen LogP contribution in [0.3, 0.4) is 0 Å². The van der Waals surface area contributed by atoms with E-state index >= 15 is 0 Å². The van der Waals surface area contributed by atoms with Crippen LogP contribution >= 0.6 is 0 Å². The highest BCUT2D eigenvalue weighted by molar-refractivity contribution is 5.73. The first-order valence-electron chi connectivity index (χ1n) is 8.27. The van der Waals surface area contributed by atoms with Gasteiger partial charge in [0.1, 0.15) is 6.54 Å². The van der Waals surface area contributed by atoms with Crippen LogP contribution in [0, 0.1) is 5.41 Å². The molecule has 0 aliphatic carbocycles. The third-order valence-corrected chi connectivity index (χ3v) is 4.06. The van der Waals surface area contributed by atoms with Crippen molar-refractivity contribution in [2.24, 2.45) is 5.41 Å². The SMILES string of the molecule is CCCCCCC(C)(CCCC)CN(C=O)CC(=O)OC. The molecule has 1 unspecified atom stereocenters. The van der Waals surface area contributed by atoms with Crippen LogP contribution in [-0.2, 0) is 14.3 Å². The van der Waals surface area contributed by atoms with Crippen LogP contribution in [0.25, 0.3) is 0 Å². The second-order valence-corrected chi connectivity index (χ2v) is 6.31. The van der Waals surface area contributed by atoms with E-state index in [1.807, 2.05) is 0 Å². The first-order chi connectivity index (χ1) is 10.0. The van der Waals surface area contributed by atoms with Gasteiger partial charge in [-0.2, -0.15) is 0 Å². The summed E-state index contributed by atoms with van der Waals surface area (Å²) in [6.07, 6.45) is 10.2. The molecule has 0 aromatic heterocycles. The Kier molecular flexibility index (Phi) is 11.0. The molecule has 0 bridgehead atoms. The quantitative estimate of drug-likeness (QED) is 0.295. The zero-order valence-corrected chi connectivity index (χ0v) is 14.3. The van der Waals surface area contributed by atoms with Crippen LogP contribution in [0.1, 0.15) is 72.1 Å². The predicted molar refractivity (Wildman–Crippen MR) is 86.0 cm³/mol. The number of amides is 1. The summed E-state index contributed by atoms with van der Waals surface area (Å²) in [5.74, 6) is -0.356. The fraction of sp³-hybridized carbons (Fsp3) is 0.882. The maximum Gasteiger partial charge on any atom is 0.325 e. The fourth-order valence-corrected chi connectivity index (χ4v) is 2.72. The molecule has 4 nitrogen and oxygen atoms in total. The molecule has 0 fully saturated rings. The highest BCUT2D eigenvalue weighted by atomic mass is 16.5. The Morgan fingerprint density at radius 3 is 2.24 bits per heavy atom. The number of carbonyl (C=O) groups is 2.